The van der Waals surface area contributed by atoms with Crippen LogP contribution in [-0.4, -0.2) is 16.3 Å². The number of rotatable bonds is 7. The Morgan fingerprint density at radius 1 is 1.06 bits per heavy atom. The summed E-state index contributed by atoms with van der Waals surface area (Å²) < 4.78 is 0. The van der Waals surface area contributed by atoms with Gasteiger partial charge in [-0.15, -0.1) is 0 Å². The van der Waals surface area contributed by atoms with Crippen molar-refractivity contribution in [1.29, 1.82) is 0 Å². The second-order valence-corrected chi connectivity index (χ2v) is 4.35. The first-order chi connectivity index (χ1) is 7.72. The zero-order valence-corrected chi connectivity index (χ0v) is 10.0. The number of hydrogen-bond donors (Lipinski definition) is 2. The molecular formula is C14H22O2. The molecule has 0 fully saturated rings. The molecule has 1 aromatic carbocycles. The van der Waals surface area contributed by atoms with Gasteiger partial charge in [-0.3, -0.25) is 0 Å². The quantitative estimate of drug-likeness (QED) is 0.743. The number of phenols is 1. The van der Waals surface area contributed by atoms with Crippen molar-refractivity contribution in [3.05, 3.63) is 29.8 Å². The van der Waals surface area contributed by atoms with E-state index in [-0.39, 0.29) is 6.10 Å². The molecule has 0 amide bonds. The van der Waals surface area contributed by atoms with Gasteiger partial charge < -0.3 is 10.2 Å². The van der Waals surface area contributed by atoms with E-state index in [4.69, 9.17) is 5.11 Å². The maximum atomic E-state index is 9.66. The van der Waals surface area contributed by atoms with E-state index in [1.54, 1.807) is 12.1 Å². The third-order valence-corrected chi connectivity index (χ3v) is 2.83. The van der Waals surface area contributed by atoms with Gasteiger partial charge in [0.1, 0.15) is 5.75 Å². The lowest BCUT2D eigenvalue weighted by atomic mass is 10.0. The van der Waals surface area contributed by atoms with Gasteiger partial charge in [-0.25, -0.2) is 0 Å². The summed E-state index contributed by atoms with van der Waals surface area (Å²) in [6, 6.07) is 7.30. The summed E-state index contributed by atoms with van der Waals surface area (Å²) >= 11 is 0. The zero-order chi connectivity index (χ0) is 11.8. The number of aliphatic hydroxyl groups excluding tert-OH is 1. The van der Waals surface area contributed by atoms with Gasteiger partial charge in [-0.2, -0.15) is 0 Å². The van der Waals surface area contributed by atoms with E-state index in [1.165, 1.54) is 5.56 Å². The molecule has 0 heterocycles. The topological polar surface area (TPSA) is 40.5 Å². The van der Waals surface area contributed by atoms with Crippen LogP contribution in [-0.2, 0) is 6.42 Å². The first-order valence-electron chi connectivity index (χ1n) is 6.18. The highest BCUT2D eigenvalue weighted by Crippen LogP contribution is 2.13. The van der Waals surface area contributed by atoms with Crippen LogP contribution < -0.4 is 0 Å². The Labute approximate surface area is 97.9 Å². The van der Waals surface area contributed by atoms with Crippen LogP contribution in [0.4, 0.5) is 0 Å². The molecule has 0 spiro atoms. The lowest BCUT2D eigenvalue weighted by Crippen LogP contribution is -2.06. The fourth-order valence-electron chi connectivity index (χ4n) is 1.79. The predicted molar refractivity (Wildman–Crippen MR) is 66.6 cm³/mol. The largest absolute Gasteiger partial charge is 0.508 e. The highest BCUT2D eigenvalue weighted by molar-refractivity contribution is 5.25. The molecule has 1 atom stereocenters. The van der Waals surface area contributed by atoms with Crippen LogP contribution in [0.3, 0.4) is 0 Å². The van der Waals surface area contributed by atoms with Gasteiger partial charge in [0.2, 0.25) is 0 Å². The van der Waals surface area contributed by atoms with Gasteiger partial charge in [0.25, 0.3) is 0 Å². The third-order valence-electron chi connectivity index (χ3n) is 2.83. The van der Waals surface area contributed by atoms with Crippen molar-refractivity contribution < 1.29 is 10.2 Å². The summed E-state index contributed by atoms with van der Waals surface area (Å²) in [4.78, 5) is 0. The van der Waals surface area contributed by atoms with E-state index in [9.17, 15) is 5.11 Å². The minimum atomic E-state index is -0.142. The van der Waals surface area contributed by atoms with Crippen LogP contribution in [0.25, 0.3) is 0 Å². The molecular weight excluding hydrogens is 200 g/mol. The number of phenolic OH excluding ortho intramolecular Hbond substituents is 1. The zero-order valence-electron chi connectivity index (χ0n) is 10.0. The summed E-state index contributed by atoms with van der Waals surface area (Å²) in [6.07, 6.45) is 5.90. The van der Waals surface area contributed by atoms with Crippen molar-refractivity contribution in [1.82, 2.24) is 0 Å². The van der Waals surface area contributed by atoms with E-state index in [0.29, 0.717) is 5.75 Å². The van der Waals surface area contributed by atoms with Gasteiger partial charge in [0.15, 0.2) is 0 Å². The standard InChI is InChI=1S/C14H22O2/c1-2-3-6-13(15)7-4-5-12-8-10-14(16)11-9-12/h8-11,13,15-16H,2-7H2,1H3. The van der Waals surface area contributed by atoms with Crippen LogP contribution in [0, 0.1) is 0 Å². The smallest absolute Gasteiger partial charge is 0.115 e. The molecule has 0 saturated carbocycles. The van der Waals surface area contributed by atoms with Crippen molar-refractivity contribution in [3.63, 3.8) is 0 Å². The van der Waals surface area contributed by atoms with Crippen molar-refractivity contribution in [2.45, 2.75) is 51.6 Å². The predicted octanol–water partition coefficient (Wildman–Crippen LogP) is 3.27. The number of hydrogen-bond acceptors (Lipinski definition) is 2. The molecule has 0 aliphatic rings. The molecule has 1 aromatic rings. The highest BCUT2D eigenvalue weighted by Gasteiger charge is 2.03. The summed E-state index contributed by atoms with van der Waals surface area (Å²) in [5, 5.41) is 18.8. The molecule has 0 aromatic heterocycles. The van der Waals surface area contributed by atoms with E-state index in [0.717, 1.165) is 38.5 Å². The molecule has 0 saturated heterocycles. The lowest BCUT2D eigenvalue weighted by molar-refractivity contribution is 0.149. The Balaban J connectivity index is 2.17. The van der Waals surface area contributed by atoms with Crippen molar-refractivity contribution >= 4 is 0 Å². The summed E-state index contributed by atoms with van der Waals surface area (Å²) in [5.74, 6) is 0.312. The minimum absolute atomic E-state index is 0.142. The highest BCUT2D eigenvalue weighted by atomic mass is 16.3. The average Bonchev–Trinajstić information content (AvgIpc) is 2.29. The van der Waals surface area contributed by atoms with Crippen LogP contribution in [0.15, 0.2) is 24.3 Å². The van der Waals surface area contributed by atoms with Crippen LogP contribution in [0.1, 0.15) is 44.6 Å². The van der Waals surface area contributed by atoms with Crippen LogP contribution >= 0.6 is 0 Å². The number of aromatic hydroxyl groups is 1. The van der Waals surface area contributed by atoms with E-state index in [1.807, 2.05) is 12.1 Å². The first kappa shape index (κ1) is 13.0. The van der Waals surface area contributed by atoms with E-state index >= 15 is 0 Å². The van der Waals surface area contributed by atoms with E-state index < -0.39 is 0 Å². The fraction of sp³-hybridized carbons (Fsp3) is 0.571. The second-order valence-electron chi connectivity index (χ2n) is 4.35. The van der Waals surface area contributed by atoms with Crippen molar-refractivity contribution in [3.8, 4) is 5.75 Å². The Kier molecular flexibility index (Phi) is 5.94. The molecule has 90 valence electrons. The average molecular weight is 222 g/mol. The van der Waals surface area contributed by atoms with Gasteiger partial charge in [-0.1, -0.05) is 31.9 Å². The summed E-state index contributed by atoms with van der Waals surface area (Å²) in [6.45, 7) is 2.14. The SMILES string of the molecule is CCCCC(O)CCCc1ccc(O)cc1. The molecule has 2 N–H and O–H groups in total. The maximum absolute atomic E-state index is 9.66. The molecule has 0 aliphatic heterocycles. The van der Waals surface area contributed by atoms with Crippen molar-refractivity contribution in [2.75, 3.05) is 0 Å². The second kappa shape index (κ2) is 7.29. The number of aliphatic hydroxyl groups is 1. The van der Waals surface area contributed by atoms with Gasteiger partial charge in [0.05, 0.1) is 6.10 Å². The fourth-order valence-corrected chi connectivity index (χ4v) is 1.79. The molecule has 1 unspecified atom stereocenters. The normalized spacial score (nSPS) is 12.6. The van der Waals surface area contributed by atoms with Gasteiger partial charge >= 0.3 is 0 Å². The lowest BCUT2D eigenvalue weighted by Gasteiger charge is -2.09. The molecule has 0 radical (unpaired) electrons. The van der Waals surface area contributed by atoms with Crippen LogP contribution in [0.2, 0.25) is 0 Å². The van der Waals surface area contributed by atoms with Crippen molar-refractivity contribution in [2.24, 2.45) is 0 Å². The third kappa shape index (κ3) is 5.17. The number of benzene rings is 1. The summed E-state index contributed by atoms with van der Waals surface area (Å²) in [5.41, 5.74) is 1.22. The number of unbranched alkanes of at least 4 members (excludes halogenated alkanes) is 1. The molecule has 2 heteroatoms. The minimum Gasteiger partial charge on any atom is -0.508 e. The Morgan fingerprint density at radius 3 is 2.31 bits per heavy atom. The Hall–Kier alpha value is -1.02. The first-order valence-corrected chi connectivity index (χ1v) is 6.18. The van der Waals surface area contributed by atoms with Gasteiger partial charge in [-0.05, 0) is 43.4 Å². The van der Waals surface area contributed by atoms with Gasteiger partial charge in [0, 0.05) is 0 Å². The summed E-state index contributed by atoms with van der Waals surface area (Å²) in [7, 11) is 0. The molecule has 0 aliphatic carbocycles. The molecule has 1 rings (SSSR count). The van der Waals surface area contributed by atoms with Crippen LogP contribution in [0.5, 0.6) is 5.75 Å². The van der Waals surface area contributed by atoms with E-state index in [2.05, 4.69) is 6.92 Å². The maximum Gasteiger partial charge on any atom is 0.115 e. The molecule has 0 bridgehead atoms. The monoisotopic (exact) mass is 222 g/mol. The molecule has 16 heavy (non-hydrogen) atoms. The Morgan fingerprint density at radius 2 is 1.69 bits per heavy atom. The Bertz CT molecular complexity index is 279. The molecule has 2 nitrogen and oxygen atoms in total. The number of aryl methyl sites for hydroxylation is 1.